The Morgan fingerprint density at radius 1 is 1.56 bits per heavy atom. The van der Waals surface area contributed by atoms with Crippen LogP contribution in [0.25, 0.3) is 0 Å². The second-order valence-electron chi connectivity index (χ2n) is 3.36. The topological polar surface area (TPSA) is 79.5 Å². The minimum Gasteiger partial charge on any atom is -0.395 e. The molecule has 0 aliphatic rings. The smallest absolute Gasteiger partial charge is 0.311 e. The number of pyridine rings is 1. The zero-order valence-corrected chi connectivity index (χ0v) is 9.38. The number of nitro groups is 1. The van der Waals surface area contributed by atoms with Crippen molar-refractivity contribution in [3.8, 4) is 0 Å². The van der Waals surface area contributed by atoms with Gasteiger partial charge in [0, 0.05) is 24.8 Å². The molecule has 6 heteroatoms. The number of rotatable bonds is 5. The predicted octanol–water partition coefficient (Wildman–Crippen LogP) is 1.12. The van der Waals surface area contributed by atoms with E-state index in [-0.39, 0.29) is 12.3 Å². The molecule has 6 nitrogen and oxygen atoms in total. The van der Waals surface area contributed by atoms with Gasteiger partial charge in [-0.05, 0) is 19.9 Å². The maximum atomic E-state index is 10.8. The molecule has 0 amide bonds. The lowest BCUT2D eigenvalue weighted by molar-refractivity contribution is -0.384. The van der Waals surface area contributed by atoms with Gasteiger partial charge in [-0.1, -0.05) is 0 Å². The van der Waals surface area contributed by atoms with Crippen LogP contribution < -0.4 is 4.90 Å². The minimum absolute atomic E-state index is 0.0269. The Morgan fingerprint density at radius 2 is 2.25 bits per heavy atom. The van der Waals surface area contributed by atoms with Crippen molar-refractivity contribution < 1.29 is 10.0 Å². The summed E-state index contributed by atoms with van der Waals surface area (Å²) in [6.07, 6.45) is 0. The summed E-state index contributed by atoms with van der Waals surface area (Å²) in [7, 11) is 0. The highest BCUT2D eigenvalue weighted by molar-refractivity contribution is 5.58. The highest BCUT2D eigenvalue weighted by Crippen LogP contribution is 2.25. The fourth-order valence-corrected chi connectivity index (χ4v) is 1.45. The number of hydrogen-bond donors (Lipinski definition) is 1. The standard InChI is InChI=1S/C10H15N3O3/c1-3-12(6-7-14)10-9(13(15)16)5-4-8(2)11-10/h4-5,14H,3,6-7H2,1-2H3. The number of aromatic nitrogens is 1. The molecule has 1 rings (SSSR count). The fourth-order valence-electron chi connectivity index (χ4n) is 1.45. The van der Waals surface area contributed by atoms with Crippen molar-refractivity contribution in [2.75, 3.05) is 24.6 Å². The monoisotopic (exact) mass is 225 g/mol. The molecule has 0 aliphatic heterocycles. The first-order chi connectivity index (χ1) is 7.60. The summed E-state index contributed by atoms with van der Waals surface area (Å²) in [4.78, 5) is 16.2. The number of aliphatic hydroxyl groups excluding tert-OH is 1. The summed E-state index contributed by atoms with van der Waals surface area (Å²) in [6.45, 7) is 4.50. The second-order valence-corrected chi connectivity index (χ2v) is 3.36. The average molecular weight is 225 g/mol. The average Bonchev–Trinajstić information content (AvgIpc) is 2.25. The van der Waals surface area contributed by atoms with Gasteiger partial charge < -0.3 is 10.0 Å². The zero-order chi connectivity index (χ0) is 12.1. The summed E-state index contributed by atoms with van der Waals surface area (Å²) < 4.78 is 0. The Morgan fingerprint density at radius 3 is 2.75 bits per heavy atom. The molecule has 1 heterocycles. The van der Waals surface area contributed by atoms with E-state index in [1.54, 1.807) is 17.9 Å². The van der Waals surface area contributed by atoms with Crippen molar-refractivity contribution in [2.24, 2.45) is 0 Å². The predicted molar refractivity (Wildman–Crippen MR) is 60.6 cm³/mol. The number of likely N-dealkylation sites (N-methyl/N-ethyl adjacent to an activating group) is 1. The Balaban J connectivity index is 3.16. The van der Waals surface area contributed by atoms with E-state index < -0.39 is 4.92 Å². The molecule has 1 aromatic rings. The van der Waals surface area contributed by atoms with Crippen LogP contribution in [-0.4, -0.2) is 34.7 Å². The van der Waals surface area contributed by atoms with Crippen LogP contribution in [0.1, 0.15) is 12.6 Å². The Hall–Kier alpha value is -1.69. The van der Waals surface area contributed by atoms with Gasteiger partial charge in [-0.2, -0.15) is 0 Å². The Bertz CT molecular complexity index is 382. The van der Waals surface area contributed by atoms with E-state index in [9.17, 15) is 10.1 Å². The molecule has 1 aromatic heterocycles. The zero-order valence-electron chi connectivity index (χ0n) is 9.38. The van der Waals surface area contributed by atoms with Crippen molar-refractivity contribution in [1.29, 1.82) is 0 Å². The lowest BCUT2D eigenvalue weighted by atomic mass is 10.3. The normalized spacial score (nSPS) is 10.2. The van der Waals surface area contributed by atoms with Crippen LogP contribution in [0.5, 0.6) is 0 Å². The molecule has 0 radical (unpaired) electrons. The van der Waals surface area contributed by atoms with Gasteiger partial charge in [0.25, 0.3) is 0 Å². The van der Waals surface area contributed by atoms with Crippen molar-refractivity contribution in [2.45, 2.75) is 13.8 Å². The van der Waals surface area contributed by atoms with Crippen molar-refractivity contribution in [3.05, 3.63) is 27.9 Å². The number of aliphatic hydroxyl groups is 1. The van der Waals surface area contributed by atoms with Gasteiger partial charge >= 0.3 is 5.69 Å². The Kier molecular flexibility index (Phi) is 4.19. The van der Waals surface area contributed by atoms with Crippen LogP contribution in [-0.2, 0) is 0 Å². The largest absolute Gasteiger partial charge is 0.395 e. The summed E-state index contributed by atoms with van der Waals surface area (Å²) in [5.41, 5.74) is 0.692. The number of hydrogen-bond acceptors (Lipinski definition) is 5. The van der Waals surface area contributed by atoms with E-state index in [2.05, 4.69) is 4.98 Å². The molecule has 0 unspecified atom stereocenters. The summed E-state index contributed by atoms with van der Waals surface area (Å²) in [6, 6.07) is 3.05. The quantitative estimate of drug-likeness (QED) is 0.600. The van der Waals surface area contributed by atoms with Crippen LogP contribution in [0.15, 0.2) is 12.1 Å². The van der Waals surface area contributed by atoms with E-state index >= 15 is 0 Å². The number of aryl methyl sites for hydroxylation is 1. The lowest BCUT2D eigenvalue weighted by Gasteiger charge is -2.20. The van der Waals surface area contributed by atoms with Gasteiger partial charge in [-0.15, -0.1) is 0 Å². The summed E-state index contributed by atoms with van der Waals surface area (Å²) in [5, 5.41) is 19.7. The summed E-state index contributed by atoms with van der Waals surface area (Å²) >= 11 is 0. The molecule has 0 fully saturated rings. The third kappa shape index (κ3) is 2.66. The van der Waals surface area contributed by atoms with E-state index in [1.807, 2.05) is 6.92 Å². The van der Waals surface area contributed by atoms with Crippen molar-refractivity contribution >= 4 is 11.5 Å². The molecular formula is C10H15N3O3. The molecular weight excluding hydrogens is 210 g/mol. The fraction of sp³-hybridized carbons (Fsp3) is 0.500. The maximum Gasteiger partial charge on any atom is 0.311 e. The molecule has 0 bridgehead atoms. The molecule has 0 aliphatic carbocycles. The molecule has 0 saturated heterocycles. The van der Waals surface area contributed by atoms with Crippen LogP contribution >= 0.6 is 0 Å². The van der Waals surface area contributed by atoms with Gasteiger partial charge in [0.05, 0.1) is 11.5 Å². The first-order valence-corrected chi connectivity index (χ1v) is 5.08. The number of nitrogens with zero attached hydrogens (tertiary/aromatic N) is 3. The van der Waals surface area contributed by atoms with E-state index in [1.165, 1.54) is 6.07 Å². The third-order valence-corrected chi connectivity index (χ3v) is 2.24. The lowest BCUT2D eigenvalue weighted by Crippen LogP contribution is -2.28. The van der Waals surface area contributed by atoms with E-state index in [0.29, 0.717) is 18.9 Å². The molecule has 0 aromatic carbocycles. The second kappa shape index (κ2) is 5.41. The summed E-state index contributed by atoms with van der Waals surface area (Å²) in [5.74, 6) is 0.321. The number of anilines is 1. The third-order valence-electron chi connectivity index (χ3n) is 2.24. The van der Waals surface area contributed by atoms with Gasteiger partial charge in [0.1, 0.15) is 0 Å². The van der Waals surface area contributed by atoms with Crippen molar-refractivity contribution in [3.63, 3.8) is 0 Å². The highest BCUT2D eigenvalue weighted by atomic mass is 16.6. The maximum absolute atomic E-state index is 10.8. The van der Waals surface area contributed by atoms with E-state index in [0.717, 1.165) is 5.69 Å². The molecule has 88 valence electrons. The van der Waals surface area contributed by atoms with Crippen molar-refractivity contribution in [1.82, 2.24) is 4.98 Å². The molecule has 16 heavy (non-hydrogen) atoms. The van der Waals surface area contributed by atoms with E-state index in [4.69, 9.17) is 5.11 Å². The first kappa shape index (κ1) is 12.4. The molecule has 0 spiro atoms. The van der Waals surface area contributed by atoms with Crippen LogP contribution in [0.4, 0.5) is 11.5 Å². The Labute approximate surface area is 93.7 Å². The van der Waals surface area contributed by atoms with Crippen LogP contribution in [0, 0.1) is 17.0 Å². The highest BCUT2D eigenvalue weighted by Gasteiger charge is 2.19. The molecule has 0 atom stereocenters. The SMILES string of the molecule is CCN(CCO)c1nc(C)ccc1[N+](=O)[O-]. The minimum atomic E-state index is -0.457. The van der Waals surface area contributed by atoms with Crippen LogP contribution in [0.3, 0.4) is 0 Å². The van der Waals surface area contributed by atoms with Gasteiger partial charge in [-0.3, -0.25) is 10.1 Å². The molecule has 1 N–H and O–H groups in total. The van der Waals surface area contributed by atoms with Gasteiger partial charge in [0.2, 0.25) is 5.82 Å². The van der Waals surface area contributed by atoms with Gasteiger partial charge in [-0.25, -0.2) is 4.98 Å². The van der Waals surface area contributed by atoms with Gasteiger partial charge in [0.15, 0.2) is 0 Å². The molecule has 0 saturated carbocycles. The van der Waals surface area contributed by atoms with Crippen LogP contribution in [0.2, 0.25) is 0 Å². The first-order valence-electron chi connectivity index (χ1n) is 5.08.